The van der Waals surface area contributed by atoms with E-state index in [-0.39, 0.29) is 0 Å². The van der Waals surface area contributed by atoms with Crippen molar-refractivity contribution < 1.29 is 0 Å². The molecule has 0 bridgehead atoms. The van der Waals surface area contributed by atoms with Crippen LogP contribution in [0.25, 0.3) is 12.8 Å². The lowest BCUT2D eigenvalue weighted by Gasteiger charge is -1.89. The average molecular weight is 272 g/mol. The molecule has 1 aromatic heterocycles. The quantitative estimate of drug-likeness (QED) is 0.424. The van der Waals surface area contributed by atoms with Crippen LogP contribution in [0.2, 0.25) is 0 Å². The minimum absolute atomic E-state index is 0.924. The molecule has 1 rings (SSSR count). The Balaban J connectivity index is 3.36. The summed E-state index contributed by atoms with van der Waals surface area (Å²) in [5.74, 6) is 0. The lowest BCUT2D eigenvalue weighted by molar-refractivity contribution is 1.22. The van der Waals surface area contributed by atoms with Crippen molar-refractivity contribution in [2.75, 3.05) is 0 Å². The number of hydrogen-bond donors (Lipinski definition) is 0. The first kappa shape index (κ1) is 9.38. The minimum Gasteiger partial charge on any atom is -0.269 e. The van der Waals surface area contributed by atoms with Gasteiger partial charge < -0.3 is 0 Å². The highest BCUT2D eigenvalue weighted by atomic mass is 127. The molecule has 3 heteroatoms. The fourth-order valence-corrected chi connectivity index (χ4v) is 1.23. The van der Waals surface area contributed by atoms with E-state index in [9.17, 15) is 0 Å². The molecule has 2 nitrogen and oxygen atoms in total. The molecule has 1 aromatic rings. The Hall–Kier alpha value is -0.710. The number of rotatable bonds is 1. The fraction of sp³-hybridized carbons (Fsp3) is 0.111. The number of hydrogen-bond acceptors (Lipinski definition) is 2. The van der Waals surface area contributed by atoms with Gasteiger partial charge in [0.25, 0.3) is 0 Å². The van der Waals surface area contributed by atoms with E-state index in [1.54, 1.807) is 18.6 Å². The fourth-order valence-electron chi connectivity index (χ4n) is 0.756. The SMILES string of the molecule is C=c1c(I)ncc/c1=C/N=CC. The van der Waals surface area contributed by atoms with Crippen molar-refractivity contribution in [2.45, 2.75) is 6.92 Å². The maximum atomic E-state index is 4.10. The Morgan fingerprint density at radius 3 is 3.08 bits per heavy atom. The van der Waals surface area contributed by atoms with Gasteiger partial charge in [-0.3, -0.25) is 4.99 Å². The van der Waals surface area contributed by atoms with E-state index in [1.165, 1.54) is 0 Å². The lowest BCUT2D eigenvalue weighted by Crippen LogP contribution is -2.26. The minimum atomic E-state index is 0.924. The third-order valence-electron chi connectivity index (χ3n) is 1.40. The van der Waals surface area contributed by atoms with Crippen LogP contribution in [0.4, 0.5) is 0 Å². The number of nitrogens with zero attached hydrogens (tertiary/aromatic N) is 2. The molecule has 0 spiro atoms. The molecule has 1 heterocycles. The lowest BCUT2D eigenvalue weighted by atomic mass is 10.3. The molecule has 0 aliphatic heterocycles. The van der Waals surface area contributed by atoms with E-state index in [4.69, 9.17) is 0 Å². The number of pyridine rings is 1. The van der Waals surface area contributed by atoms with E-state index in [0.29, 0.717) is 0 Å². The van der Waals surface area contributed by atoms with Gasteiger partial charge in [-0.2, -0.15) is 0 Å². The Morgan fingerprint density at radius 2 is 2.42 bits per heavy atom. The van der Waals surface area contributed by atoms with Crippen molar-refractivity contribution in [3.05, 3.63) is 26.4 Å². The van der Waals surface area contributed by atoms with Crippen molar-refractivity contribution in [2.24, 2.45) is 4.99 Å². The van der Waals surface area contributed by atoms with Crippen molar-refractivity contribution in [3.63, 3.8) is 0 Å². The number of aromatic nitrogens is 1. The van der Waals surface area contributed by atoms with Gasteiger partial charge in [-0.1, -0.05) is 6.58 Å². The first-order chi connectivity index (χ1) is 5.75. The van der Waals surface area contributed by atoms with E-state index in [1.807, 2.05) is 13.0 Å². The van der Waals surface area contributed by atoms with Crippen LogP contribution in [-0.4, -0.2) is 11.2 Å². The molecule has 0 aromatic carbocycles. The normalized spacial score (nSPS) is 12.7. The molecule has 0 N–H and O–H groups in total. The van der Waals surface area contributed by atoms with Gasteiger partial charge in [-0.05, 0) is 35.6 Å². The van der Waals surface area contributed by atoms with Crippen molar-refractivity contribution in [1.29, 1.82) is 0 Å². The molecule has 12 heavy (non-hydrogen) atoms. The van der Waals surface area contributed by atoms with Crippen molar-refractivity contribution >= 4 is 41.6 Å². The summed E-state index contributed by atoms with van der Waals surface area (Å²) in [7, 11) is 0. The summed E-state index contributed by atoms with van der Waals surface area (Å²) in [6.45, 7) is 5.78. The van der Waals surface area contributed by atoms with Crippen LogP contribution in [0.1, 0.15) is 6.92 Å². The van der Waals surface area contributed by atoms with E-state index < -0.39 is 0 Å². The predicted molar refractivity (Wildman–Crippen MR) is 60.4 cm³/mol. The first-order valence-electron chi connectivity index (χ1n) is 3.53. The summed E-state index contributed by atoms with van der Waals surface area (Å²) < 4.78 is 0.924. The van der Waals surface area contributed by atoms with Crippen LogP contribution in [0.15, 0.2) is 17.3 Å². The monoisotopic (exact) mass is 272 g/mol. The van der Waals surface area contributed by atoms with Gasteiger partial charge in [-0.25, -0.2) is 4.98 Å². The Bertz CT molecular complexity index is 395. The molecular formula is C9H9IN2. The summed E-state index contributed by atoms with van der Waals surface area (Å²) in [5.41, 5.74) is 0. The van der Waals surface area contributed by atoms with Crippen LogP contribution < -0.4 is 10.4 Å². The maximum absolute atomic E-state index is 4.10. The largest absolute Gasteiger partial charge is 0.269 e. The van der Waals surface area contributed by atoms with E-state index >= 15 is 0 Å². The zero-order valence-corrected chi connectivity index (χ0v) is 8.95. The van der Waals surface area contributed by atoms with Crippen LogP contribution in [0.3, 0.4) is 0 Å². The molecule has 0 aliphatic carbocycles. The molecule has 0 amide bonds. The second-order valence-corrected chi connectivity index (χ2v) is 3.23. The molecule has 0 unspecified atom stereocenters. The predicted octanol–water partition coefficient (Wildman–Crippen LogP) is 0.925. The zero-order valence-electron chi connectivity index (χ0n) is 6.79. The van der Waals surface area contributed by atoms with Gasteiger partial charge in [0.05, 0.1) is 0 Å². The molecule has 0 aliphatic rings. The maximum Gasteiger partial charge on any atom is 0.108 e. The van der Waals surface area contributed by atoms with Gasteiger partial charge in [0.2, 0.25) is 0 Å². The van der Waals surface area contributed by atoms with Gasteiger partial charge in [0.1, 0.15) is 3.70 Å². The highest BCUT2D eigenvalue weighted by Gasteiger charge is 1.88. The Morgan fingerprint density at radius 1 is 1.67 bits per heavy atom. The Kier molecular flexibility index (Phi) is 3.40. The third-order valence-corrected chi connectivity index (χ3v) is 2.33. The van der Waals surface area contributed by atoms with Crippen LogP contribution in [0.5, 0.6) is 0 Å². The van der Waals surface area contributed by atoms with Crippen LogP contribution in [0, 0.1) is 3.70 Å². The topological polar surface area (TPSA) is 25.2 Å². The summed E-state index contributed by atoms with van der Waals surface area (Å²) in [6.07, 6.45) is 5.28. The summed E-state index contributed by atoms with van der Waals surface area (Å²) in [6, 6.07) is 1.90. The van der Waals surface area contributed by atoms with Gasteiger partial charge in [-0.15, -0.1) is 0 Å². The smallest absolute Gasteiger partial charge is 0.108 e. The summed E-state index contributed by atoms with van der Waals surface area (Å²) >= 11 is 2.16. The van der Waals surface area contributed by atoms with Gasteiger partial charge in [0, 0.05) is 29.0 Å². The third kappa shape index (κ3) is 2.14. The molecule has 0 saturated heterocycles. The zero-order chi connectivity index (χ0) is 8.97. The highest BCUT2D eigenvalue weighted by Crippen LogP contribution is 1.86. The second-order valence-electron chi connectivity index (χ2n) is 2.21. The first-order valence-corrected chi connectivity index (χ1v) is 4.61. The Labute approximate surface area is 84.9 Å². The molecule has 0 fully saturated rings. The average Bonchev–Trinajstić information content (AvgIpc) is 2.08. The van der Waals surface area contributed by atoms with Crippen LogP contribution >= 0.6 is 22.6 Å². The molecular weight excluding hydrogens is 263 g/mol. The van der Waals surface area contributed by atoms with Gasteiger partial charge in [0.15, 0.2) is 0 Å². The second kappa shape index (κ2) is 4.35. The van der Waals surface area contributed by atoms with Crippen molar-refractivity contribution in [1.82, 2.24) is 4.98 Å². The summed E-state index contributed by atoms with van der Waals surface area (Å²) in [4.78, 5) is 8.12. The molecule has 62 valence electrons. The molecule has 0 saturated carbocycles. The van der Waals surface area contributed by atoms with E-state index in [2.05, 4.69) is 39.1 Å². The highest BCUT2D eigenvalue weighted by molar-refractivity contribution is 14.1. The van der Waals surface area contributed by atoms with E-state index in [0.717, 1.165) is 14.1 Å². The molecule has 0 radical (unpaired) electrons. The van der Waals surface area contributed by atoms with Crippen LogP contribution in [-0.2, 0) is 0 Å². The number of halogens is 1. The summed E-state index contributed by atoms with van der Waals surface area (Å²) in [5, 5.41) is 1.95. The van der Waals surface area contributed by atoms with Gasteiger partial charge >= 0.3 is 0 Å². The standard InChI is InChI=1S/C9H9IN2/c1-3-11-6-8-4-5-12-9(10)7(8)2/h3-6H,2H2,1H3/b8-6-,11-3?. The van der Waals surface area contributed by atoms with Crippen molar-refractivity contribution in [3.8, 4) is 0 Å². The number of aliphatic imine (C=N–C) groups is 1. The molecule has 0 atom stereocenters.